The van der Waals surface area contributed by atoms with Gasteiger partial charge in [-0.05, 0) is 24.6 Å². The first-order chi connectivity index (χ1) is 14.2. The number of unbranched alkanes of at least 4 members (excludes halogenated alkanes) is 1. The summed E-state index contributed by atoms with van der Waals surface area (Å²) in [4.78, 5) is 13.3. The Morgan fingerprint density at radius 3 is 2.76 bits per heavy atom. The van der Waals surface area contributed by atoms with Gasteiger partial charge in [-0.1, -0.05) is 42.1 Å². The molecule has 7 nitrogen and oxygen atoms in total. The Hall–Kier alpha value is -3.31. The molecule has 2 heterocycles. The van der Waals surface area contributed by atoms with Crippen molar-refractivity contribution < 1.29 is 4.74 Å². The van der Waals surface area contributed by atoms with Crippen molar-refractivity contribution in [1.82, 2.24) is 19.2 Å². The maximum Gasteiger partial charge on any atom is 0.263 e. The van der Waals surface area contributed by atoms with Gasteiger partial charge >= 0.3 is 0 Å². The first kappa shape index (κ1) is 19.0. The highest BCUT2D eigenvalue weighted by Crippen LogP contribution is 2.24. The molecule has 0 spiro atoms. The van der Waals surface area contributed by atoms with Crippen LogP contribution in [-0.2, 0) is 6.54 Å². The zero-order chi connectivity index (χ0) is 20.2. The molecule has 146 valence electrons. The third-order valence-corrected chi connectivity index (χ3v) is 5.68. The van der Waals surface area contributed by atoms with Crippen molar-refractivity contribution in [2.24, 2.45) is 0 Å². The van der Waals surface area contributed by atoms with E-state index >= 15 is 0 Å². The number of rotatable bonds is 7. The van der Waals surface area contributed by atoms with Gasteiger partial charge in [-0.3, -0.25) is 13.8 Å². The molecule has 4 rings (SSSR count). The predicted molar refractivity (Wildman–Crippen MR) is 112 cm³/mol. The lowest BCUT2D eigenvalue weighted by Gasteiger charge is -2.13. The molecule has 0 N–H and O–H groups in total. The van der Waals surface area contributed by atoms with E-state index in [4.69, 9.17) is 10.00 Å². The molecule has 0 aliphatic rings. The van der Waals surface area contributed by atoms with Crippen LogP contribution in [-0.4, -0.2) is 32.0 Å². The fraction of sp³-hybridized carbons (Fsp3) is 0.238. The fourth-order valence-electron chi connectivity index (χ4n) is 3.29. The number of para-hydroxylation sites is 2. The first-order valence-electron chi connectivity index (χ1n) is 9.23. The lowest BCUT2D eigenvalue weighted by molar-refractivity contribution is 0.408. The van der Waals surface area contributed by atoms with Crippen LogP contribution in [0.4, 0.5) is 0 Å². The Bertz CT molecular complexity index is 1270. The van der Waals surface area contributed by atoms with Crippen LogP contribution < -0.4 is 10.3 Å². The Morgan fingerprint density at radius 2 is 1.93 bits per heavy atom. The second-order valence-electron chi connectivity index (χ2n) is 6.45. The maximum absolute atomic E-state index is 13.3. The molecule has 0 radical (unpaired) electrons. The molecule has 0 atom stereocenters. The van der Waals surface area contributed by atoms with E-state index in [1.807, 2.05) is 52.9 Å². The maximum atomic E-state index is 13.3. The van der Waals surface area contributed by atoms with Crippen molar-refractivity contribution in [2.45, 2.75) is 24.5 Å². The van der Waals surface area contributed by atoms with Crippen LogP contribution in [0.25, 0.3) is 16.7 Å². The van der Waals surface area contributed by atoms with E-state index in [0.29, 0.717) is 29.3 Å². The second-order valence-corrected chi connectivity index (χ2v) is 7.51. The highest BCUT2D eigenvalue weighted by atomic mass is 32.2. The number of methoxy groups -OCH3 is 1. The minimum atomic E-state index is -0.118. The Morgan fingerprint density at radius 1 is 1.14 bits per heavy atom. The molecule has 29 heavy (non-hydrogen) atoms. The van der Waals surface area contributed by atoms with Crippen molar-refractivity contribution >= 4 is 28.4 Å². The number of thioether (sulfide) groups is 1. The van der Waals surface area contributed by atoms with E-state index < -0.39 is 0 Å². The SMILES string of the molecule is COc1ccccc1Cn1c(=O)c2ccccc2n2c(SCCCC#N)nnc12. The lowest BCUT2D eigenvalue weighted by atomic mass is 10.2. The van der Waals surface area contributed by atoms with Gasteiger partial charge in [-0.15, -0.1) is 10.2 Å². The molecule has 0 unspecified atom stereocenters. The summed E-state index contributed by atoms with van der Waals surface area (Å²) >= 11 is 1.54. The zero-order valence-electron chi connectivity index (χ0n) is 15.9. The Kier molecular flexibility index (Phi) is 5.49. The van der Waals surface area contributed by atoms with Crippen LogP contribution in [0, 0.1) is 11.3 Å². The lowest BCUT2D eigenvalue weighted by Crippen LogP contribution is -2.24. The number of aromatic nitrogens is 4. The number of ether oxygens (including phenoxy) is 1. The monoisotopic (exact) mass is 405 g/mol. The Labute approximate surface area is 171 Å². The van der Waals surface area contributed by atoms with E-state index in [1.54, 1.807) is 11.7 Å². The molecule has 2 aromatic heterocycles. The predicted octanol–water partition coefficient (Wildman–Crippen LogP) is 3.50. The molecule has 2 aromatic carbocycles. The summed E-state index contributed by atoms with van der Waals surface area (Å²) in [5.74, 6) is 1.97. The molecular formula is C21H19N5O2S. The van der Waals surface area contributed by atoms with Gasteiger partial charge in [-0.2, -0.15) is 5.26 Å². The summed E-state index contributed by atoms with van der Waals surface area (Å²) in [5, 5.41) is 18.7. The van der Waals surface area contributed by atoms with Gasteiger partial charge in [0.25, 0.3) is 5.56 Å². The number of fused-ring (bicyclic) bond motifs is 3. The molecular weight excluding hydrogens is 386 g/mol. The van der Waals surface area contributed by atoms with E-state index in [1.165, 1.54) is 11.8 Å². The van der Waals surface area contributed by atoms with Gasteiger partial charge in [0.05, 0.1) is 30.6 Å². The second kappa shape index (κ2) is 8.37. The summed E-state index contributed by atoms with van der Waals surface area (Å²) in [7, 11) is 1.62. The molecule has 0 bridgehead atoms. The van der Waals surface area contributed by atoms with Crippen LogP contribution in [0.1, 0.15) is 18.4 Å². The molecule has 0 aliphatic heterocycles. The topological polar surface area (TPSA) is 85.2 Å². The van der Waals surface area contributed by atoms with Crippen LogP contribution in [0.5, 0.6) is 5.75 Å². The van der Waals surface area contributed by atoms with Gasteiger partial charge in [0.1, 0.15) is 5.75 Å². The van der Waals surface area contributed by atoms with Crippen molar-refractivity contribution in [3.8, 4) is 11.8 Å². The third-order valence-electron chi connectivity index (χ3n) is 4.66. The quantitative estimate of drug-likeness (QED) is 0.346. The largest absolute Gasteiger partial charge is 0.496 e. The summed E-state index contributed by atoms with van der Waals surface area (Å²) in [6.45, 7) is 0.328. The summed E-state index contributed by atoms with van der Waals surface area (Å²) in [6, 6.07) is 17.3. The molecule has 0 fully saturated rings. The van der Waals surface area contributed by atoms with Gasteiger partial charge in [0.15, 0.2) is 5.16 Å². The van der Waals surface area contributed by atoms with Crippen molar-refractivity contribution in [3.05, 3.63) is 64.4 Å². The standard InChI is InChI=1S/C21H19N5O2S/c1-28-18-11-5-2-8-15(18)14-25-19(27)16-9-3-4-10-17(16)26-20(25)23-24-21(26)29-13-7-6-12-22/h2-5,8-11H,6-7,13-14H2,1H3. The van der Waals surface area contributed by atoms with Gasteiger partial charge in [0, 0.05) is 17.7 Å². The highest BCUT2D eigenvalue weighted by Gasteiger charge is 2.17. The third kappa shape index (κ3) is 3.57. The molecule has 8 heteroatoms. The highest BCUT2D eigenvalue weighted by molar-refractivity contribution is 7.99. The van der Waals surface area contributed by atoms with Crippen molar-refractivity contribution in [3.63, 3.8) is 0 Å². The van der Waals surface area contributed by atoms with Crippen molar-refractivity contribution in [1.29, 1.82) is 5.26 Å². The van der Waals surface area contributed by atoms with Crippen LogP contribution in [0.15, 0.2) is 58.5 Å². The Balaban J connectivity index is 1.88. The van der Waals surface area contributed by atoms with Gasteiger partial charge < -0.3 is 4.74 Å². The minimum absolute atomic E-state index is 0.118. The smallest absolute Gasteiger partial charge is 0.263 e. The van der Waals surface area contributed by atoms with Crippen LogP contribution in [0.3, 0.4) is 0 Å². The minimum Gasteiger partial charge on any atom is -0.496 e. The van der Waals surface area contributed by atoms with E-state index in [9.17, 15) is 4.79 Å². The number of benzene rings is 2. The normalized spacial score (nSPS) is 11.0. The van der Waals surface area contributed by atoms with Crippen LogP contribution in [0.2, 0.25) is 0 Å². The number of nitriles is 1. The average Bonchev–Trinajstić information content (AvgIpc) is 3.18. The van der Waals surface area contributed by atoms with Crippen LogP contribution >= 0.6 is 11.8 Å². The van der Waals surface area contributed by atoms with E-state index in [-0.39, 0.29) is 5.56 Å². The van der Waals surface area contributed by atoms with Gasteiger partial charge in [-0.25, -0.2) is 0 Å². The molecule has 4 aromatic rings. The van der Waals surface area contributed by atoms with Crippen molar-refractivity contribution in [2.75, 3.05) is 12.9 Å². The average molecular weight is 405 g/mol. The summed E-state index contributed by atoms with van der Waals surface area (Å²) in [5.41, 5.74) is 1.55. The number of nitrogens with zero attached hydrogens (tertiary/aromatic N) is 5. The molecule has 0 saturated heterocycles. The van der Waals surface area contributed by atoms with E-state index in [2.05, 4.69) is 16.3 Å². The molecule has 0 amide bonds. The fourth-order valence-corrected chi connectivity index (χ4v) is 4.17. The molecule has 0 saturated carbocycles. The molecule has 0 aliphatic carbocycles. The number of hydrogen-bond acceptors (Lipinski definition) is 6. The number of hydrogen-bond donors (Lipinski definition) is 0. The summed E-state index contributed by atoms with van der Waals surface area (Å²) in [6.07, 6.45) is 1.28. The van der Waals surface area contributed by atoms with E-state index in [0.717, 1.165) is 29.0 Å². The zero-order valence-corrected chi connectivity index (χ0v) is 16.7. The van der Waals surface area contributed by atoms with Gasteiger partial charge in [0.2, 0.25) is 5.78 Å². The first-order valence-corrected chi connectivity index (χ1v) is 10.2. The summed E-state index contributed by atoms with van der Waals surface area (Å²) < 4.78 is 9.00.